The molecule has 0 bridgehead atoms. The number of alkyl halides is 1. The number of hydrogen-bond acceptors (Lipinski definition) is 4. The van der Waals surface area contributed by atoms with Gasteiger partial charge in [0.25, 0.3) is 0 Å². The van der Waals surface area contributed by atoms with Crippen molar-refractivity contribution in [3.8, 4) is 0 Å². The average Bonchev–Trinajstić information content (AvgIpc) is 2.37. The summed E-state index contributed by atoms with van der Waals surface area (Å²) >= 11 is 7.35. The fourth-order valence-corrected chi connectivity index (χ4v) is 1.06. The quantitative estimate of drug-likeness (QED) is 0.689. The van der Waals surface area contributed by atoms with Crippen molar-refractivity contribution >= 4 is 23.4 Å². The lowest BCUT2D eigenvalue weighted by molar-refractivity contribution is 0.465. The molecule has 3 nitrogen and oxygen atoms in total. The molecular weight excluding hydrogens is 184 g/mol. The summed E-state index contributed by atoms with van der Waals surface area (Å²) in [4.78, 5) is 0. The summed E-state index contributed by atoms with van der Waals surface area (Å²) in [6.45, 7) is 1.80. The van der Waals surface area contributed by atoms with E-state index in [0.29, 0.717) is 11.8 Å². The lowest BCUT2D eigenvalue weighted by atomic mass is 10.5. The Labute approximate surface area is 74.5 Å². The Morgan fingerprint density at radius 2 is 2.36 bits per heavy atom. The molecule has 0 saturated heterocycles. The maximum atomic E-state index is 5.71. The lowest BCUT2D eigenvalue weighted by Crippen LogP contribution is -1.81. The Kier molecular flexibility index (Phi) is 3.20. The maximum absolute atomic E-state index is 5.71. The molecule has 0 amide bonds. The van der Waals surface area contributed by atoms with E-state index in [9.17, 15) is 0 Å². The molecule has 0 aliphatic heterocycles. The first-order valence-electron chi connectivity index (χ1n) is 3.19. The molecule has 0 fully saturated rings. The molecule has 0 spiro atoms. The first-order valence-corrected chi connectivity index (χ1v) is 5.02. The van der Waals surface area contributed by atoms with Crippen molar-refractivity contribution in [2.45, 2.75) is 18.1 Å². The van der Waals surface area contributed by atoms with E-state index < -0.39 is 0 Å². The van der Waals surface area contributed by atoms with Gasteiger partial charge < -0.3 is 4.42 Å². The largest absolute Gasteiger partial charge is 0.423 e. The van der Waals surface area contributed by atoms with Crippen LogP contribution in [0.2, 0.25) is 0 Å². The van der Waals surface area contributed by atoms with Crippen LogP contribution in [0.3, 0.4) is 0 Å². The standard InChI is InChI=1S/C6H9ClN2OS/c1-4(7)6-9-8-5(10-6)3-11-2/h4H,3H2,1-2H3. The van der Waals surface area contributed by atoms with E-state index in [2.05, 4.69) is 10.2 Å². The second kappa shape index (κ2) is 3.97. The van der Waals surface area contributed by atoms with Crippen LogP contribution >= 0.6 is 23.4 Å². The first kappa shape index (κ1) is 8.87. The van der Waals surface area contributed by atoms with E-state index in [-0.39, 0.29) is 5.38 Å². The van der Waals surface area contributed by atoms with Crippen LogP contribution in [0.4, 0.5) is 0 Å². The highest BCUT2D eigenvalue weighted by Gasteiger charge is 2.09. The van der Waals surface area contributed by atoms with Crippen molar-refractivity contribution in [3.05, 3.63) is 11.8 Å². The smallest absolute Gasteiger partial charge is 0.234 e. The molecule has 11 heavy (non-hydrogen) atoms. The molecule has 0 aliphatic rings. The summed E-state index contributed by atoms with van der Waals surface area (Å²) in [5, 5.41) is 7.38. The van der Waals surface area contributed by atoms with Gasteiger partial charge in [-0.1, -0.05) is 0 Å². The van der Waals surface area contributed by atoms with Gasteiger partial charge in [0.15, 0.2) is 0 Å². The minimum atomic E-state index is -0.196. The molecule has 1 aromatic rings. The molecule has 1 heterocycles. The van der Waals surface area contributed by atoms with Crippen LogP contribution in [0.1, 0.15) is 24.1 Å². The summed E-state index contributed by atoms with van der Waals surface area (Å²) in [7, 11) is 0. The van der Waals surface area contributed by atoms with E-state index in [1.54, 1.807) is 18.7 Å². The predicted molar refractivity (Wildman–Crippen MR) is 45.8 cm³/mol. The fraction of sp³-hybridized carbons (Fsp3) is 0.667. The molecule has 1 unspecified atom stereocenters. The van der Waals surface area contributed by atoms with Gasteiger partial charge in [0.2, 0.25) is 11.8 Å². The molecule has 1 atom stereocenters. The van der Waals surface area contributed by atoms with Gasteiger partial charge in [0, 0.05) is 0 Å². The van der Waals surface area contributed by atoms with E-state index in [0.717, 1.165) is 5.75 Å². The Hall–Kier alpha value is -0.220. The fourth-order valence-electron chi connectivity index (χ4n) is 0.609. The summed E-state index contributed by atoms with van der Waals surface area (Å²) in [5.41, 5.74) is 0. The third kappa shape index (κ3) is 2.38. The Balaban J connectivity index is 2.66. The van der Waals surface area contributed by atoms with Crippen LogP contribution in [0.25, 0.3) is 0 Å². The van der Waals surface area contributed by atoms with Crippen LogP contribution in [0.15, 0.2) is 4.42 Å². The Bertz CT molecular complexity index is 226. The van der Waals surface area contributed by atoms with Gasteiger partial charge in [0.1, 0.15) is 5.38 Å². The second-order valence-corrected chi connectivity index (χ2v) is 3.60. The van der Waals surface area contributed by atoms with Gasteiger partial charge in [-0.15, -0.1) is 21.8 Å². The zero-order chi connectivity index (χ0) is 8.27. The average molecular weight is 193 g/mol. The maximum Gasteiger partial charge on any atom is 0.234 e. The van der Waals surface area contributed by atoms with Crippen molar-refractivity contribution in [3.63, 3.8) is 0 Å². The van der Waals surface area contributed by atoms with Gasteiger partial charge in [0.05, 0.1) is 5.75 Å². The van der Waals surface area contributed by atoms with Crippen LogP contribution in [0, 0.1) is 0 Å². The Morgan fingerprint density at radius 1 is 1.64 bits per heavy atom. The topological polar surface area (TPSA) is 38.9 Å². The van der Waals surface area contributed by atoms with Crippen molar-refractivity contribution in [2.75, 3.05) is 6.26 Å². The monoisotopic (exact) mass is 192 g/mol. The van der Waals surface area contributed by atoms with E-state index in [4.69, 9.17) is 16.0 Å². The van der Waals surface area contributed by atoms with Crippen molar-refractivity contribution in [2.24, 2.45) is 0 Å². The van der Waals surface area contributed by atoms with Gasteiger partial charge in [-0.05, 0) is 13.2 Å². The molecule has 0 N–H and O–H groups in total. The molecule has 1 aromatic heterocycles. The highest BCUT2D eigenvalue weighted by Crippen LogP contribution is 2.18. The predicted octanol–water partition coefficient (Wildman–Crippen LogP) is 2.23. The Morgan fingerprint density at radius 3 is 2.82 bits per heavy atom. The molecule has 0 aliphatic carbocycles. The van der Waals surface area contributed by atoms with Crippen LogP contribution in [-0.4, -0.2) is 16.5 Å². The van der Waals surface area contributed by atoms with Gasteiger partial charge in [-0.25, -0.2) is 0 Å². The third-order valence-electron chi connectivity index (χ3n) is 1.09. The van der Waals surface area contributed by atoms with Crippen molar-refractivity contribution < 1.29 is 4.42 Å². The van der Waals surface area contributed by atoms with Crippen LogP contribution in [-0.2, 0) is 5.75 Å². The SMILES string of the molecule is CSCc1nnc(C(C)Cl)o1. The number of thioether (sulfide) groups is 1. The molecule has 5 heteroatoms. The summed E-state index contributed by atoms with van der Waals surface area (Å²) in [5.74, 6) is 1.88. The molecule has 0 aromatic carbocycles. The zero-order valence-electron chi connectivity index (χ0n) is 6.37. The molecular formula is C6H9ClN2OS. The molecule has 62 valence electrons. The number of aromatic nitrogens is 2. The third-order valence-corrected chi connectivity index (χ3v) is 1.81. The minimum Gasteiger partial charge on any atom is -0.423 e. The first-order chi connectivity index (χ1) is 5.24. The highest BCUT2D eigenvalue weighted by atomic mass is 35.5. The summed E-state index contributed by atoms with van der Waals surface area (Å²) in [6, 6.07) is 0. The molecule has 0 radical (unpaired) electrons. The van der Waals surface area contributed by atoms with Gasteiger partial charge in [-0.2, -0.15) is 11.8 Å². The highest BCUT2D eigenvalue weighted by molar-refractivity contribution is 7.97. The normalized spacial score (nSPS) is 13.4. The number of nitrogens with zero attached hydrogens (tertiary/aromatic N) is 2. The lowest BCUT2D eigenvalue weighted by Gasteiger charge is -1.91. The number of halogens is 1. The van der Waals surface area contributed by atoms with Gasteiger partial charge in [-0.3, -0.25) is 0 Å². The van der Waals surface area contributed by atoms with E-state index in [1.165, 1.54) is 0 Å². The number of rotatable bonds is 3. The molecule has 1 rings (SSSR count). The zero-order valence-corrected chi connectivity index (χ0v) is 7.95. The van der Waals surface area contributed by atoms with Crippen LogP contribution in [0.5, 0.6) is 0 Å². The summed E-state index contributed by atoms with van der Waals surface area (Å²) < 4.78 is 5.21. The van der Waals surface area contributed by atoms with Crippen molar-refractivity contribution in [1.82, 2.24) is 10.2 Å². The van der Waals surface area contributed by atoms with Gasteiger partial charge >= 0.3 is 0 Å². The minimum absolute atomic E-state index is 0.196. The van der Waals surface area contributed by atoms with Crippen LogP contribution < -0.4 is 0 Å². The van der Waals surface area contributed by atoms with E-state index in [1.807, 2.05) is 6.26 Å². The molecule has 0 saturated carbocycles. The second-order valence-electron chi connectivity index (χ2n) is 2.08. The summed E-state index contributed by atoms with van der Waals surface area (Å²) in [6.07, 6.45) is 1.98. The number of hydrogen-bond donors (Lipinski definition) is 0. The van der Waals surface area contributed by atoms with Crippen molar-refractivity contribution in [1.29, 1.82) is 0 Å². The van der Waals surface area contributed by atoms with E-state index >= 15 is 0 Å².